The molecule has 0 aromatic heterocycles. The maximum atomic E-state index is 12.8. The summed E-state index contributed by atoms with van der Waals surface area (Å²) < 4.78 is 5.94. The topological polar surface area (TPSA) is 53.3 Å². The molecule has 3 rings (SSSR count). The molecule has 0 N–H and O–H groups in total. The zero-order valence-corrected chi connectivity index (χ0v) is 13.2. The van der Waals surface area contributed by atoms with E-state index in [9.17, 15) is 4.79 Å². The first-order valence-corrected chi connectivity index (χ1v) is 7.65. The maximum Gasteiger partial charge on any atom is 0.273 e. The average molecular weight is 306 g/mol. The molecule has 0 spiro atoms. The molecule has 4 nitrogen and oxygen atoms in total. The standard InChI is InChI=1S/C19H18N2O2/c1-13(2)15-8-9-17-16(12-15)21(11-10-20)19(22)18(23-17)14-6-4-3-5-7-14/h3-9,12-13,18H,11H2,1-2H3. The molecule has 2 aromatic rings. The van der Waals surface area contributed by atoms with Gasteiger partial charge in [-0.05, 0) is 23.6 Å². The Hall–Kier alpha value is -2.80. The normalized spacial score (nSPS) is 16.7. The van der Waals surface area contributed by atoms with Crippen molar-refractivity contribution < 1.29 is 9.53 Å². The predicted octanol–water partition coefficient (Wildman–Crippen LogP) is 3.80. The number of nitrogens with zero attached hydrogens (tertiary/aromatic N) is 2. The molecule has 1 unspecified atom stereocenters. The fourth-order valence-electron chi connectivity index (χ4n) is 2.71. The van der Waals surface area contributed by atoms with Gasteiger partial charge in [-0.15, -0.1) is 0 Å². The van der Waals surface area contributed by atoms with Crippen LogP contribution in [0.15, 0.2) is 48.5 Å². The molecule has 1 amide bonds. The van der Waals surface area contributed by atoms with Gasteiger partial charge in [0.25, 0.3) is 5.91 Å². The lowest BCUT2D eigenvalue weighted by Crippen LogP contribution is -2.41. The van der Waals surface area contributed by atoms with Crippen LogP contribution in [0.4, 0.5) is 5.69 Å². The van der Waals surface area contributed by atoms with Gasteiger partial charge in [0.05, 0.1) is 11.8 Å². The molecule has 0 saturated carbocycles. The molecular weight excluding hydrogens is 288 g/mol. The van der Waals surface area contributed by atoms with Crippen molar-refractivity contribution >= 4 is 11.6 Å². The molecule has 1 atom stereocenters. The SMILES string of the molecule is CC(C)c1ccc2c(c1)N(CC#N)C(=O)C(c1ccccc1)O2. The summed E-state index contributed by atoms with van der Waals surface area (Å²) in [4.78, 5) is 14.3. The highest BCUT2D eigenvalue weighted by Gasteiger charge is 2.35. The highest BCUT2D eigenvalue weighted by atomic mass is 16.5. The summed E-state index contributed by atoms with van der Waals surface area (Å²) in [6, 6.07) is 17.3. The summed E-state index contributed by atoms with van der Waals surface area (Å²) >= 11 is 0. The van der Waals surface area contributed by atoms with Gasteiger partial charge in [0, 0.05) is 5.56 Å². The van der Waals surface area contributed by atoms with Crippen molar-refractivity contribution in [3.05, 3.63) is 59.7 Å². The van der Waals surface area contributed by atoms with Gasteiger partial charge < -0.3 is 4.74 Å². The minimum atomic E-state index is -0.707. The Balaban J connectivity index is 2.06. The maximum absolute atomic E-state index is 12.8. The molecule has 2 aromatic carbocycles. The van der Waals surface area contributed by atoms with Crippen LogP contribution in [0, 0.1) is 11.3 Å². The van der Waals surface area contributed by atoms with Crippen LogP contribution >= 0.6 is 0 Å². The van der Waals surface area contributed by atoms with E-state index >= 15 is 0 Å². The minimum Gasteiger partial charge on any atom is -0.474 e. The number of anilines is 1. The predicted molar refractivity (Wildman–Crippen MR) is 88.3 cm³/mol. The molecular formula is C19H18N2O2. The molecule has 116 valence electrons. The van der Waals surface area contributed by atoms with Gasteiger partial charge in [-0.2, -0.15) is 5.26 Å². The first-order chi connectivity index (χ1) is 11.1. The number of hydrogen-bond donors (Lipinski definition) is 0. The van der Waals surface area contributed by atoms with Crippen LogP contribution in [-0.4, -0.2) is 12.5 Å². The summed E-state index contributed by atoms with van der Waals surface area (Å²) in [5.74, 6) is 0.774. The summed E-state index contributed by atoms with van der Waals surface area (Å²) in [5.41, 5.74) is 2.58. The minimum absolute atomic E-state index is 0.0140. The smallest absolute Gasteiger partial charge is 0.273 e. The zero-order valence-electron chi connectivity index (χ0n) is 13.2. The second kappa shape index (κ2) is 6.13. The Morgan fingerprint density at radius 2 is 1.96 bits per heavy atom. The van der Waals surface area contributed by atoms with Gasteiger partial charge in [0.1, 0.15) is 12.3 Å². The molecule has 1 heterocycles. The van der Waals surface area contributed by atoms with Gasteiger partial charge in [-0.3, -0.25) is 9.69 Å². The van der Waals surface area contributed by atoms with E-state index in [-0.39, 0.29) is 12.5 Å². The summed E-state index contributed by atoms with van der Waals surface area (Å²) in [5, 5.41) is 9.11. The lowest BCUT2D eigenvalue weighted by molar-refractivity contribution is -0.126. The first-order valence-electron chi connectivity index (χ1n) is 7.65. The number of carbonyl (C=O) groups is 1. The van der Waals surface area contributed by atoms with Gasteiger partial charge in [0.2, 0.25) is 6.10 Å². The Morgan fingerprint density at radius 3 is 2.61 bits per heavy atom. The van der Waals surface area contributed by atoms with Crippen LogP contribution in [-0.2, 0) is 4.79 Å². The van der Waals surface area contributed by atoms with E-state index in [0.29, 0.717) is 17.4 Å². The van der Waals surface area contributed by atoms with Crippen molar-refractivity contribution in [1.29, 1.82) is 5.26 Å². The Kier molecular flexibility index (Phi) is 4.03. The van der Waals surface area contributed by atoms with Crippen molar-refractivity contribution in [3.8, 4) is 11.8 Å². The van der Waals surface area contributed by atoms with E-state index in [1.165, 1.54) is 4.90 Å². The van der Waals surface area contributed by atoms with E-state index in [1.807, 2.05) is 48.5 Å². The number of rotatable bonds is 3. The van der Waals surface area contributed by atoms with Crippen LogP contribution in [0.3, 0.4) is 0 Å². The van der Waals surface area contributed by atoms with E-state index in [2.05, 4.69) is 19.9 Å². The third-order valence-corrected chi connectivity index (χ3v) is 4.01. The van der Waals surface area contributed by atoms with Gasteiger partial charge in [0.15, 0.2) is 0 Å². The monoisotopic (exact) mass is 306 g/mol. The van der Waals surface area contributed by atoms with Crippen molar-refractivity contribution in [2.24, 2.45) is 0 Å². The fourth-order valence-corrected chi connectivity index (χ4v) is 2.71. The second-order valence-electron chi connectivity index (χ2n) is 5.87. The van der Waals surface area contributed by atoms with Gasteiger partial charge >= 0.3 is 0 Å². The number of ether oxygens (including phenoxy) is 1. The Bertz CT molecular complexity index is 763. The molecule has 0 saturated heterocycles. The summed E-state index contributed by atoms with van der Waals surface area (Å²) in [6.07, 6.45) is -0.707. The molecule has 1 aliphatic heterocycles. The van der Waals surface area contributed by atoms with Crippen LogP contribution in [0.2, 0.25) is 0 Å². The Morgan fingerprint density at radius 1 is 1.22 bits per heavy atom. The molecule has 23 heavy (non-hydrogen) atoms. The van der Waals surface area contributed by atoms with E-state index < -0.39 is 6.10 Å². The van der Waals surface area contributed by atoms with Crippen LogP contribution < -0.4 is 9.64 Å². The first kappa shape index (κ1) is 15.1. The van der Waals surface area contributed by atoms with E-state index in [4.69, 9.17) is 10.00 Å². The number of hydrogen-bond acceptors (Lipinski definition) is 3. The van der Waals surface area contributed by atoms with Crippen molar-refractivity contribution in [1.82, 2.24) is 0 Å². The zero-order chi connectivity index (χ0) is 16.4. The van der Waals surface area contributed by atoms with Gasteiger partial charge in [-0.1, -0.05) is 50.2 Å². The lowest BCUT2D eigenvalue weighted by atomic mass is 10.00. The quantitative estimate of drug-likeness (QED) is 0.810. The lowest BCUT2D eigenvalue weighted by Gasteiger charge is -2.33. The van der Waals surface area contributed by atoms with E-state index in [1.54, 1.807) is 0 Å². The fraction of sp³-hybridized carbons (Fsp3) is 0.263. The number of benzene rings is 2. The highest BCUT2D eigenvalue weighted by Crippen LogP contribution is 2.40. The number of amides is 1. The third kappa shape index (κ3) is 2.78. The number of nitriles is 1. The average Bonchev–Trinajstić information content (AvgIpc) is 2.57. The van der Waals surface area contributed by atoms with Crippen molar-refractivity contribution in [2.45, 2.75) is 25.9 Å². The molecule has 4 heteroatoms. The van der Waals surface area contributed by atoms with Gasteiger partial charge in [-0.25, -0.2) is 0 Å². The molecule has 0 aliphatic carbocycles. The van der Waals surface area contributed by atoms with Crippen LogP contribution in [0.25, 0.3) is 0 Å². The second-order valence-corrected chi connectivity index (χ2v) is 5.87. The molecule has 0 radical (unpaired) electrons. The van der Waals surface area contributed by atoms with E-state index in [0.717, 1.165) is 11.1 Å². The Labute approximate surface area is 135 Å². The largest absolute Gasteiger partial charge is 0.474 e. The third-order valence-electron chi connectivity index (χ3n) is 4.01. The van der Waals surface area contributed by atoms with Crippen LogP contribution in [0.5, 0.6) is 5.75 Å². The number of fused-ring (bicyclic) bond motifs is 1. The highest BCUT2D eigenvalue weighted by molar-refractivity contribution is 6.01. The summed E-state index contributed by atoms with van der Waals surface area (Å²) in [6.45, 7) is 4.20. The van der Waals surface area contributed by atoms with Crippen molar-refractivity contribution in [3.63, 3.8) is 0 Å². The molecule has 0 fully saturated rings. The molecule has 1 aliphatic rings. The van der Waals surface area contributed by atoms with Crippen LogP contribution in [0.1, 0.15) is 37.0 Å². The summed E-state index contributed by atoms with van der Waals surface area (Å²) in [7, 11) is 0. The van der Waals surface area contributed by atoms with Crippen molar-refractivity contribution in [2.75, 3.05) is 11.4 Å². The number of carbonyl (C=O) groups excluding carboxylic acids is 1. The molecule has 0 bridgehead atoms.